The second-order valence-electron chi connectivity index (χ2n) is 4.44. The van der Waals surface area contributed by atoms with Crippen molar-refractivity contribution in [1.29, 1.82) is 0 Å². The Labute approximate surface area is 110 Å². The highest BCUT2D eigenvalue weighted by atomic mass is 19.1. The minimum absolute atomic E-state index is 0.0660. The summed E-state index contributed by atoms with van der Waals surface area (Å²) in [6.07, 6.45) is 0. The molecule has 0 aliphatic heterocycles. The van der Waals surface area contributed by atoms with Crippen molar-refractivity contribution in [3.05, 3.63) is 58.9 Å². The topological polar surface area (TPSA) is 49.3 Å². The molecule has 0 fully saturated rings. The van der Waals surface area contributed by atoms with Crippen LogP contribution in [0, 0.1) is 19.7 Å². The number of aromatic carboxylic acids is 1. The number of nitrogens with one attached hydrogen (secondary N) is 1. The molecule has 0 saturated heterocycles. The van der Waals surface area contributed by atoms with Gasteiger partial charge in [0, 0.05) is 5.69 Å². The van der Waals surface area contributed by atoms with Gasteiger partial charge in [0.25, 0.3) is 0 Å². The lowest BCUT2D eigenvalue weighted by Crippen LogP contribution is -2.00. The molecule has 0 heterocycles. The van der Waals surface area contributed by atoms with Crippen LogP contribution in [0.15, 0.2) is 36.4 Å². The third kappa shape index (κ3) is 2.91. The van der Waals surface area contributed by atoms with Gasteiger partial charge in [0.05, 0.1) is 11.3 Å². The fourth-order valence-electron chi connectivity index (χ4n) is 1.85. The number of halogens is 1. The second-order valence-corrected chi connectivity index (χ2v) is 4.44. The van der Waals surface area contributed by atoms with E-state index in [9.17, 15) is 9.18 Å². The summed E-state index contributed by atoms with van der Waals surface area (Å²) >= 11 is 0. The molecule has 0 aliphatic carbocycles. The number of aryl methyl sites for hydroxylation is 2. The number of hydrogen-bond donors (Lipinski definition) is 2. The number of benzene rings is 2. The molecule has 0 aromatic heterocycles. The van der Waals surface area contributed by atoms with Crippen LogP contribution in [-0.4, -0.2) is 11.1 Å². The molecule has 4 heteroatoms. The lowest BCUT2D eigenvalue weighted by molar-refractivity contribution is 0.0696. The smallest absolute Gasteiger partial charge is 0.335 e. The summed E-state index contributed by atoms with van der Waals surface area (Å²) in [6, 6.07) is 9.60. The normalized spacial score (nSPS) is 10.3. The summed E-state index contributed by atoms with van der Waals surface area (Å²) in [7, 11) is 0. The van der Waals surface area contributed by atoms with E-state index in [1.165, 1.54) is 12.1 Å². The Morgan fingerprint density at radius 1 is 1.11 bits per heavy atom. The molecule has 2 N–H and O–H groups in total. The third-order valence-corrected chi connectivity index (χ3v) is 2.87. The van der Waals surface area contributed by atoms with E-state index in [0.717, 1.165) is 22.9 Å². The second kappa shape index (κ2) is 5.10. The summed E-state index contributed by atoms with van der Waals surface area (Å²) in [5.41, 5.74) is 3.12. The Morgan fingerprint density at radius 3 is 2.37 bits per heavy atom. The first-order chi connectivity index (χ1) is 8.97. The van der Waals surface area contributed by atoms with Gasteiger partial charge < -0.3 is 10.4 Å². The van der Waals surface area contributed by atoms with E-state index in [4.69, 9.17) is 5.11 Å². The summed E-state index contributed by atoms with van der Waals surface area (Å²) in [4.78, 5) is 10.7. The van der Waals surface area contributed by atoms with Crippen molar-refractivity contribution in [3.63, 3.8) is 0 Å². The van der Waals surface area contributed by atoms with Crippen LogP contribution in [0.3, 0.4) is 0 Å². The zero-order chi connectivity index (χ0) is 14.0. The number of hydrogen-bond acceptors (Lipinski definition) is 2. The van der Waals surface area contributed by atoms with E-state index in [1.807, 2.05) is 32.0 Å². The number of carboxylic acid groups (broad SMARTS) is 1. The van der Waals surface area contributed by atoms with Crippen LogP contribution in [0.25, 0.3) is 0 Å². The van der Waals surface area contributed by atoms with Crippen molar-refractivity contribution in [2.24, 2.45) is 0 Å². The lowest BCUT2D eigenvalue weighted by Gasteiger charge is -2.11. The number of anilines is 2. The van der Waals surface area contributed by atoms with Crippen LogP contribution >= 0.6 is 0 Å². The Balaban J connectivity index is 2.31. The summed E-state index contributed by atoms with van der Waals surface area (Å²) < 4.78 is 13.8. The molecule has 0 saturated carbocycles. The summed E-state index contributed by atoms with van der Waals surface area (Å²) in [5.74, 6) is -1.73. The van der Waals surface area contributed by atoms with Crippen LogP contribution in [0.1, 0.15) is 21.5 Å². The molecule has 2 rings (SSSR count). The minimum Gasteiger partial charge on any atom is -0.478 e. The molecule has 98 valence electrons. The van der Waals surface area contributed by atoms with Gasteiger partial charge in [-0.25, -0.2) is 9.18 Å². The van der Waals surface area contributed by atoms with Crippen LogP contribution in [0.2, 0.25) is 0 Å². The lowest BCUT2D eigenvalue weighted by atomic mass is 10.1. The Kier molecular flexibility index (Phi) is 3.51. The maximum atomic E-state index is 13.8. The molecule has 3 nitrogen and oxygen atoms in total. The summed E-state index contributed by atoms with van der Waals surface area (Å²) in [6.45, 7) is 3.91. The molecule has 0 radical (unpaired) electrons. The molecule has 0 amide bonds. The fraction of sp³-hybridized carbons (Fsp3) is 0.133. The quantitative estimate of drug-likeness (QED) is 0.879. The van der Waals surface area contributed by atoms with Crippen LogP contribution < -0.4 is 5.32 Å². The third-order valence-electron chi connectivity index (χ3n) is 2.87. The molecule has 0 atom stereocenters. The highest BCUT2D eigenvalue weighted by Gasteiger charge is 2.09. The highest BCUT2D eigenvalue weighted by molar-refractivity contribution is 5.88. The zero-order valence-corrected chi connectivity index (χ0v) is 10.7. The van der Waals surface area contributed by atoms with Crippen LogP contribution in [0.5, 0.6) is 0 Å². The fourth-order valence-corrected chi connectivity index (χ4v) is 1.85. The average Bonchev–Trinajstić information content (AvgIpc) is 2.34. The SMILES string of the molecule is Cc1ccc(Nc2ccc(C(=O)O)cc2F)c(C)c1. The zero-order valence-electron chi connectivity index (χ0n) is 10.7. The maximum absolute atomic E-state index is 13.8. The Hall–Kier alpha value is -2.36. The molecular weight excluding hydrogens is 245 g/mol. The van der Waals surface area contributed by atoms with E-state index in [2.05, 4.69) is 5.32 Å². The van der Waals surface area contributed by atoms with Crippen molar-refractivity contribution in [3.8, 4) is 0 Å². The number of rotatable bonds is 3. The molecule has 19 heavy (non-hydrogen) atoms. The highest BCUT2D eigenvalue weighted by Crippen LogP contribution is 2.24. The van der Waals surface area contributed by atoms with Crippen LogP contribution in [0.4, 0.5) is 15.8 Å². The predicted molar refractivity (Wildman–Crippen MR) is 72.6 cm³/mol. The van der Waals surface area contributed by atoms with Crippen molar-refractivity contribution in [2.75, 3.05) is 5.32 Å². The van der Waals surface area contributed by atoms with Gasteiger partial charge in [0.15, 0.2) is 0 Å². The van der Waals surface area contributed by atoms with E-state index in [0.29, 0.717) is 0 Å². The van der Waals surface area contributed by atoms with Gasteiger partial charge in [0.1, 0.15) is 5.82 Å². The van der Waals surface area contributed by atoms with E-state index in [1.54, 1.807) is 0 Å². The number of carbonyl (C=O) groups is 1. The molecule has 2 aromatic carbocycles. The van der Waals surface area contributed by atoms with Crippen LogP contribution in [-0.2, 0) is 0 Å². The standard InChI is InChI=1S/C15H14FNO2/c1-9-3-5-13(10(2)7-9)17-14-6-4-11(15(18)19)8-12(14)16/h3-8,17H,1-2H3,(H,18,19). The van der Waals surface area contributed by atoms with Gasteiger partial charge in [-0.15, -0.1) is 0 Å². The molecule has 0 aliphatic rings. The largest absolute Gasteiger partial charge is 0.478 e. The first-order valence-electron chi connectivity index (χ1n) is 5.84. The van der Waals surface area contributed by atoms with Crippen molar-refractivity contribution in [2.45, 2.75) is 13.8 Å². The monoisotopic (exact) mass is 259 g/mol. The van der Waals surface area contributed by atoms with E-state index in [-0.39, 0.29) is 11.3 Å². The van der Waals surface area contributed by atoms with Gasteiger partial charge in [-0.2, -0.15) is 0 Å². The molecule has 0 unspecified atom stereocenters. The minimum atomic E-state index is -1.14. The molecule has 0 bridgehead atoms. The molecule has 2 aromatic rings. The van der Waals surface area contributed by atoms with Gasteiger partial charge >= 0.3 is 5.97 Å². The van der Waals surface area contributed by atoms with Gasteiger partial charge in [-0.1, -0.05) is 17.7 Å². The van der Waals surface area contributed by atoms with E-state index < -0.39 is 11.8 Å². The molecular formula is C15H14FNO2. The first kappa shape index (κ1) is 13.1. The first-order valence-corrected chi connectivity index (χ1v) is 5.84. The Morgan fingerprint density at radius 2 is 1.79 bits per heavy atom. The van der Waals surface area contributed by atoms with Crippen molar-refractivity contribution >= 4 is 17.3 Å². The van der Waals surface area contributed by atoms with E-state index >= 15 is 0 Å². The predicted octanol–water partition coefficient (Wildman–Crippen LogP) is 3.88. The maximum Gasteiger partial charge on any atom is 0.335 e. The van der Waals surface area contributed by atoms with Gasteiger partial charge in [-0.05, 0) is 43.7 Å². The van der Waals surface area contributed by atoms with Gasteiger partial charge in [-0.3, -0.25) is 0 Å². The summed E-state index contributed by atoms with van der Waals surface area (Å²) in [5, 5.41) is 11.7. The van der Waals surface area contributed by atoms with Gasteiger partial charge in [0.2, 0.25) is 0 Å². The number of carboxylic acids is 1. The van der Waals surface area contributed by atoms with Crippen molar-refractivity contribution in [1.82, 2.24) is 0 Å². The Bertz CT molecular complexity index is 638. The molecule has 0 spiro atoms. The van der Waals surface area contributed by atoms with Crippen molar-refractivity contribution < 1.29 is 14.3 Å². The average molecular weight is 259 g/mol.